The molecule has 0 radical (unpaired) electrons. The molecule has 0 saturated heterocycles. The molecular formula is C14H14ClNO3S. The Kier molecular flexibility index (Phi) is 4.12. The molecule has 1 aliphatic heterocycles. The smallest absolute Gasteiger partial charge is 0.231 e. The van der Waals surface area contributed by atoms with Crippen molar-refractivity contribution in [2.75, 3.05) is 13.3 Å². The van der Waals surface area contributed by atoms with Crippen molar-refractivity contribution in [1.82, 2.24) is 5.32 Å². The van der Waals surface area contributed by atoms with E-state index in [1.165, 1.54) is 0 Å². The molecule has 0 bridgehead atoms. The number of thiophene rings is 1. The molecule has 0 saturated carbocycles. The normalized spacial score (nSPS) is 14.5. The van der Waals surface area contributed by atoms with E-state index in [1.807, 2.05) is 29.0 Å². The standard InChI is InChI=1S/C14H14ClNO3S/c15-11-3-9(4-13-14(11)19-8-18-13)5-16-6-12(17)10-1-2-20-7-10/h1-4,7,12,16-17H,5-6,8H2. The number of halogens is 1. The average molecular weight is 312 g/mol. The van der Waals surface area contributed by atoms with Gasteiger partial charge in [-0.1, -0.05) is 11.6 Å². The summed E-state index contributed by atoms with van der Waals surface area (Å²) in [7, 11) is 0. The van der Waals surface area contributed by atoms with Crippen LogP contribution in [0.4, 0.5) is 0 Å². The lowest BCUT2D eigenvalue weighted by atomic mass is 10.1. The number of benzene rings is 1. The maximum atomic E-state index is 9.97. The van der Waals surface area contributed by atoms with E-state index in [0.717, 1.165) is 11.1 Å². The van der Waals surface area contributed by atoms with Gasteiger partial charge in [0.1, 0.15) is 0 Å². The molecule has 3 rings (SSSR count). The molecule has 2 N–H and O–H groups in total. The number of hydrogen-bond donors (Lipinski definition) is 2. The molecule has 1 aromatic carbocycles. The molecule has 1 aliphatic rings. The van der Waals surface area contributed by atoms with E-state index < -0.39 is 6.10 Å². The van der Waals surface area contributed by atoms with E-state index in [-0.39, 0.29) is 6.79 Å². The van der Waals surface area contributed by atoms with Crippen LogP contribution in [0.5, 0.6) is 11.5 Å². The van der Waals surface area contributed by atoms with Crippen LogP contribution in [0.3, 0.4) is 0 Å². The van der Waals surface area contributed by atoms with Gasteiger partial charge in [-0.3, -0.25) is 0 Å². The highest BCUT2D eigenvalue weighted by Crippen LogP contribution is 2.39. The lowest BCUT2D eigenvalue weighted by Crippen LogP contribution is -2.20. The summed E-state index contributed by atoms with van der Waals surface area (Å²) in [5, 5.41) is 17.6. The van der Waals surface area contributed by atoms with Crippen LogP contribution < -0.4 is 14.8 Å². The molecule has 1 atom stereocenters. The Morgan fingerprint density at radius 2 is 2.30 bits per heavy atom. The third kappa shape index (κ3) is 2.91. The lowest BCUT2D eigenvalue weighted by molar-refractivity contribution is 0.174. The molecule has 20 heavy (non-hydrogen) atoms. The first-order valence-electron chi connectivity index (χ1n) is 6.23. The second kappa shape index (κ2) is 6.01. The maximum absolute atomic E-state index is 9.97. The van der Waals surface area contributed by atoms with E-state index in [0.29, 0.717) is 29.6 Å². The van der Waals surface area contributed by atoms with Gasteiger partial charge in [0.15, 0.2) is 11.5 Å². The molecule has 0 spiro atoms. The van der Waals surface area contributed by atoms with E-state index in [4.69, 9.17) is 21.1 Å². The van der Waals surface area contributed by atoms with Crippen LogP contribution in [0.1, 0.15) is 17.2 Å². The number of fused-ring (bicyclic) bond motifs is 1. The highest BCUT2D eigenvalue weighted by atomic mass is 35.5. The number of hydrogen-bond acceptors (Lipinski definition) is 5. The molecule has 106 valence electrons. The summed E-state index contributed by atoms with van der Waals surface area (Å²) in [6.07, 6.45) is -0.495. The molecule has 2 heterocycles. The fourth-order valence-electron chi connectivity index (χ4n) is 2.06. The molecule has 0 amide bonds. The number of aliphatic hydroxyl groups is 1. The Morgan fingerprint density at radius 1 is 1.40 bits per heavy atom. The van der Waals surface area contributed by atoms with Crippen LogP contribution >= 0.6 is 22.9 Å². The first-order chi connectivity index (χ1) is 9.74. The predicted molar refractivity (Wildman–Crippen MR) is 78.6 cm³/mol. The van der Waals surface area contributed by atoms with Gasteiger partial charge in [0.05, 0.1) is 11.1 Å². The van der Waals surface area contributed by atoms with Crippen LogP contribution in [0.25, 0.3) is 0 Å². The van der Waals surface area contributed by atoms with Crippen LogP contribution in [0.15, 0.2) is 29.0 Å². The summed E-state index contributed by atoms with van der Waals surface area (Å²) in [6, 6.07) is 5.67. The second-order valence-electron chi connectivity index (χ2n) is 4.51. The summed E-state index contributed by atoms with van der Waals surface area (Å²) in [5.74, 6) is 1.28. The lowest BCUT2D eigenvalue weighted by Gasteiger charge is -2.11. The van der Waals surface area contributed by atoms with Gasteiger partial charge < -0.3 is 19.9 Å². The highest BCUT2D eigenvalue weighted by molar-refractivity contribution is 7.07. The zero-order valence-corrected chi connectivity index (χ0v) is 12.2. The maximum Gasteiger partial charge on any atom is 0.231 e. The van der Waals surface area contributed by atoms with Crippen molar-refractivity contribution in [2.45, 2.75) is 12.6 Å². The quantitative estimate of drug-likeness (QED) is 0.891. The molecule has 1 unspecified atom stereocenters. The Morgan fingerprint density at radius 3 is 3.10 bits per heavy atom. The van der Waals surface area contributed by atoms with Crippen molar-refractivity contribution in [2.24, 2.45) is 0 Å². The largest absolute Gasteiger partial charge is 0.454 e. The predicted octanol–water partition coefficient (Wildman–Crippen LogP) is 2.95. The SMILES string of the molecule is OC(CNCc1cc(Cl)c2c(c1)OCO2)c1ccsc1. The fourth-order valence-corrected chi connectivity index (χ4v) is 3.05. The molecule has 4 nitrogen and oxygen atoms in total. The molecular weight excluding hydrogens is 298 g/mol. The molecule has 6 heteroatoms. The molecule has 1 aromatic heterocycles. The van der Waals surface area contributed by atoms with Gasteiger partial charge in [0.2, 0.25) is 6.79 Å². The van der Waals surface area contributed by atoms with Gasteiger partial charge in [-0.15, -0.1) is 0 Å². The Labute approximate surface area is 125 Å². The summed E-state index contributed by atoms with van der Waals surface area (Å²) < 4.78 is 10.6. The summed E-state index contributed by atoms with van der Waals surface area (Å²) in [6.45, 7) is 1.31. The Bertz CT molecular complexity index is 588. The third-order valence-electron chi connectivity index (χ3n) is 3.08. The zero-order valence-electron chi connectivity index (χ0n) is 10.6. The fraction of sp³-hybridized carbons (Fsp3) is 0.286. The van der Waals surface area contributed by atoms with Crippen LogP contribution in [0.2, 0.25) is 5.02 Å². The van der Waals surface area contributed by atoms with Crippen molar-refractivity contribution in [1.29, 1.82) is 0 Å². The van der Waals surface area contributed by atoms with Crippen molar-refractivity contribution in [3.63, 3.8) is 0 Å². The van der Waals surface area contributed by atoms with Crippen molar-refractivity contribution in [3.05, 3.63) is 45.1 Å². The summed E-state index contributed by atoms with van der Waals surface area (Å²) in [5.41, 5.74) is 1.93. The monoisotopic (exact) mass is 311 g/mol. The average Bonchev–Trinajstić information content (AvgIpc) is 3.09. The Hall–Kier alpha value is -1.27. The zero-order chi connectivity index (χ0) is 13.9. The number of aliphatic hydroxyl groups excluding tert-OH is 1. The summed E-state index contributed by atoms with van der Waals surface area (Å²) >= 11 is 7.69. The van der Waals surface area contributed by atoms with E-state index in [1.54, 1.807) is 11.3 Å². The number of ether oxygens (including phenoxy) is 2. The van der Waals surface area contributed by atoms with Gasteiger partial charge in [-0.25, -0.2) is 0 Å². The minimum absolute atomic E-state index is 0.211. The topological polar surface area (TPSA) is 50.7 Å². The first-order valence-corrected chi connectivity index (χ1v) is 7.55. The van der Waals surface area contributed by atoms with Crippen molar-refractivity contribution >= 4 is 22.9 Å². The third-order valence-corrected chi connectivity index (χ3v) is 4.06. The van der Waals surface area contributed by atoms with Gasteiger partial charge in [-0.2, -0.15) is 11.3 Å². The van der Waals surface area contributed by atoms with Gasteiger partial charge in [0, 0.05) is 13.1 Å². The van der Waals surface area contributed by atoms with Crippen LogP contribution in [-0.4, -0.2) is 18.4 Å². The van der Waals surface area contributed by atoms with Crippen LogP contribution in [0, 0.1) is 0 Å². The second-order valence-corrected chi connectivity index (χ2v) is 5.70. The first kappa shape index (κ1) is 13.7. The Balaban J connectivity index is 1.58. The minimum Gasteiger partial charge on any atom is -0.454 e. The number of nitrogens with one attached hydrogen (secondary N) is 1. The number of rotatable bonds is 5. The van der Waals surface area contributed by atoms with Gasteiger partial charge >= 0.3 is 0 Å². The van der Waals surface area contributed by atoms with Crippen molar-refractivity contribution in [3.8, 4) is 11.5 Å². The molecule has 0 aliphatic carbocycles. The van der Waals surface area contributed by atoms with E-state index in [2.05, 4.69) is 5.32 Å². The molecule has 0 fully saturated rings. The van der Waals surface area contributed by atoms with Crippen molar-refractivity contribution < 1.29 is 14.6 Å². The van der Waals surface area contributed by atoms with Gasteiger partial charge in [-0.05, 0) is 40.1 Å². The van der Waals surface area contributed by atoms with Gasteiger partial charge in [0.25, 0.3) is 0 Å². The highest BCUT2D eigenvalue weighted by Gasteiger charge is 2.18. The minimum atomic E-state index is -0.495. The van der Waals surface area contributed by atoms with E-state index in [9.17, 15) is 5.11 Å². The van der Waals surface area contributed by atoms with E-state index >= 15 is 0 Å². The summed E-state index contributed by atoms with van der Waals surface area (Å²) in [4.78, 5) is 0. The molecule has 2 aromatic rings. The van der Waals surface area contributed by atoms with Crippen LogP contribution in [-0.2, 0) is 6.54 Å².